The Bertz CT molecular complexity index is 612. The van der Waals surface area contributed by atoms with E-state index in [-0.39, 0.29) is 18.4 Å². The van der Waals surface area contributed by atoms with Gasteiger partial charge in [-0.15, -0.1) is 0 Å². The van der Waals surface area contributed by atoms with Crippen molar-refractivity contribution in [1.29, 1.82) is 5.41 Å². The van der Waals surface area contributed by atoms with Gasteiger partial charge in [-0.1, -0.05) is 30.3 Å². The lowest BCUT2D eigenvalue weighted by atomic mass is 10.2. The van der Waals surface area contributed by atoms with E-state index in [0.29, 0.717) is 16.9 Å². The number of nitrogen functional groups attached to an aromatic ring is 1. The van der Waals surface area contributed by atoms with Gasteiger partial charge in [-0.05, 0) is 24.3 Å². The number of amides is 1. The van der Waals surface area contributed by atoms with Gasteiger partial charge in [-0.25, -0.2) is 0 Å². The highest BCUT2D eigenvalue weighted by molar-refractivity contribution is 5.99. The number of anilines is 2. The fraction of sp³-hybridized carbons (Fsp3) is 0.0667. The van der Waals surface area contributed by atoms with E-state index in [1.54, 1.807) is 36.4 Å². The highest BCUT2D eigenvalue weighted by atomic mass is 16.5. The molecule has 2 aromatic carbocycles. The summed E-state index contributed by atoms with van der Waals surface area (Å²) in [6, 6.07) is 15.9. The Morgan fingerprint density at radius 3 is 2.45 bits per heavy atom. The minimum absolute atomic E-state index is 0.119. The minimum Gasteiger partial charge on any atom is -0.467 e. The predicted octanol–water partition coefficient (Wildman–Crippen LogP) is 2.25. The quantitative estimate of drug-likeness (QED) is 0.452. The summed E-state index contributed by atoms with van der Waals surface area (Å²) in [5, 5.41) is 10.4. The van der Waals surface area contributed by atoms with Gasteiger partial charge in [0.15, 0.2) is 6.61 Å². The van der Waals surface area contributed by atoms with Crippen LogP contribution in [0.5, 0.6) is 0 Å². The maximum Gasteiger partial charge on any atom is 0.262 e. The SMILES string of the molecule is N=C(OCC(=O)Nc1ccccc1)c1ccccc1N. The molecular formula is C15H15N3O2. The van der Waals surface area contributed by atoms with Gasteiger partial charge in [0.2, 0.25) is 5.90 Å². The Morgan fingerprint density at radius 1 is 1.10 bits per heavy atom. The van der Waals surface area contributed by atoms with Gasteiger partial charge < -0.3 is 15.8 Å². The molecule has 0 aliphatic carbocycles. The minimum atomic E-state index is -0.324. The largest absolute Gasteiger partial charge is 0.467 e. The molecule has 102 valence electrons. The molecule has 0 radical (unpaired) electrons. The molecule has 0 atom stereocenters. The van der Waals surface area contributed by atoms with Gasteiger partial charge in [0.1, 0.15) is 0 Å². The highest BCUT2D eigenvalue weighted by Crippen LogP contribution is 2.11. The zero-order chi connectivity index (χ0) is 14.4. The van der Waals surface area contributed by atoms with Crippen LogP contribution in [0.1, 0.15) is 5.56 Å². The van der Waals surface area contributed by atoms with E-state index in [1.165, 1.54) is 0 Å². The third kappa shape index (κ3) is 3.58. The van der Waals surface area contributed by atoms with E-state index in [1.807, 2.05) is 18.2 Å². The number of para-hydroxylation sites is 2. The lowest BCUT2D eigenvalue weighted by Gasteiger charge is -2.09. The second kappa shape index (κ2) is 6.38. The van der Waals surface area contributed by atoms with Crippen LogP contribution in [0, 0.1) is 5.41 Å². The summed E-state index contributed by atoms with van der Waals surface area (Å²) in [5.41, 5.74) is 7.33. The van der Waals surface area contributed by atoms with E-state index < -0.39 is 0 Å². The fourth-order valence-corrected chi connectivity index (χ4v) is 1.64. The number of carbonyl (C=O) groups excluding carboxylic acids is 1. The number of carbonyl (C=O) groups is 1. The monoisotopic (exact) mass is 269 g/mol. The van der Waals surface area contributed by atoms with Crippen molar-refractivity contribution in [3.63, 3.8) is 0 Å². The average Bonchev–Trinajstić information content (AvgIpc) is 2.46. The van der Waals surface area contributed by atoms with E-state index in [9.17, 15) is 4.79 Å². The summed E-state index contributed by atoms with van der Waals surface area (Å²) in [6.07, 6.45) is 0. The Kier molecular flexibility index (Phi) is 4.34. The highest BCUT2D eigenvalue weighted by Gasteiger charge is 2.09. The lowest BCUT2D eigenvalue weighted by Crippen LogP contribution is -2.21. The Labute approximate surface area is 116 Å². The molecule has 0 fully saturated rings. The summed E-state index contributed by atoms with van der Waals surface area (Å²) in [4.78, 5) is 11.7. The molecule has 5 heteroatoms. The van der Waals surface area contributed by atoms with Crippen LogP contribution >= 0.6 is 0 Å². The molecule has 1 amide bonds. The zero-order valence-electron chi connectivity index (χ0n) is 10.8. The molecule has 5 nitrogen and oxygen atoms in total. The second-order valence-electron chi connectivity index (χ2n) is 4.12. The van der Waals surface area contributed by atoms with Crippen LogP contribution in [0.15, 0.2) is 54.6 Å². The smallest absolute Gasteiger partial charge is 0.262 e. The van der Waals surface area contributed by atoms with Gasteiger partial charge in [0.25, 0.3) is 5.91 Å². The van der Waals surface area contributed by atoms with Crippen LogP contribution in [-0.2, 0) is 9.53 Å². The number of nitrogens with one attached hydrogen (secondary N) is 2. The van der Waals surface area contributed by atoms with Gasteiger partial charge >= 0.3 is 0 Å². The maximum atomic E-state index is 11.7. The van der Waals surface area contributed by atoms with Crippen molar-refractivity contribution in [2.75, 3.05) is 17.7 Å². The molecule has 0 aliphatic rings. The Hall–Kier alpha value is -2.82. The van der Waals surface area contributed by atoms with Crippen LogP contribution in [-0.4, -0.2) is 18.4 Å². The van der Waals surface area contributed by atoms with Gasteiger partial charge in [-0.2, -0.15) is 0 Å². The normalized spacial score (nSPS) is 9.80. The van der Waals surface area contributed by atoms with E-state index in [2.05, 4.69) is 5.32 Å². The van der Waals surface area contributed by atoms with Crippen molar-refractivity contribution in [1.82, 2.24) is 0 Å². The number of hydrogen-bond donors (Lipinski definition) is 3. The Morgan fingerprint density at radius 2 is 1.75 bits per heavy atom. The van der Waals surface area contributed by atoms with Gasteiger partial charge in [-0.3, -0.25) is 10.2 Å². The average molecular weight is 269 g/mol. The number of nitrogens with two attached hydrogens (primary N) is 1. The van der Waals surface area contributed by atoms with E-state index in [4.69, 9.17) is 15.9 Å². The first-order valence-corrected chi connectivity index (χ1v) is 6.08. The molecule has 20 heavy (non-hydrogen) atoms. The van der Waals surface area contributed by atoms with Crippen LogP contribution < -0.4 is 11.1 Å². The number of ether oxygens (including phenoxy) is 1. The van der Waals surface area contributed by atoms with Crippen molar-refractivity contribution < 1.29 is 9.53 Å². The van der Waals surface area contributed by atoms with Gasteiger partial charge in [0, 0.05) is 11.4 Å². The molecule has 0 aliphatic heterocycles. The number of rotatable bonds is 4. The molecule has 0 aromatic heterocycles. The van der Waals surface area contributed by atoms with Crippen molar-refractivity contribution >= 4 is 23.2 Å². The van der Waals surface area contributed by atoms with Crippen molar-refractivity contribution in [2.24, 2.45) is 0 Å². The first-order chi connectivity index (χ1) is 9.66. The summed E-state index contributed by atoms with van der Waals surface area (Å²) >= 11 is 0. The van der Waals surface area contributed by atoms with E-state index in [0.717, 1.165) is 0 Å². The Balaban J connectivity index is 1.88. The summed E-state index contributed by atoms with van der Waals surface area (Å²) in [6.45, 7) is -0.234. The van der Waals surface area contributed by atoms with Crippen LogP contribution in [0.4, 0.5) is 11.4 Å². The molecule has 0 spiro atoms. The van der Waals surface area contributed by atoms with Crippen LogP contribution in [0.25, 0.3) is 0 Å². The number of benzene rings is 2. The predicted molar refractivity (Wildman–Crippen MR) is 78.7 cm³/mol. The molecule has 0 saturated heterocycles. The van der Waals surface area contributed by atoms with Crippen LogP contribution in [0.2, 0.25) is 0 Å². The van der Waals surface area contributed by atoms with E-state index >= 15 is 0 Å². The fourth-order valence-electron chi connectivity index (χ4n) is 1.64. The zero-order valence-corrected chi connectivity index (χ0v) is 10.8. The molecule has 0 unspecified atom stereocenters. The third-order valence-electron chi connectivity index (χ3n) is 2.61. The topological polar surface area (TPSA) is 88.2 Å². The molecule has 2 aromatic rings. The summed E-state index contributed by atoms with van der Waals surface area (Å²) in [7, 11) is 0. The lowest BCUT2D eigenvalue weighted by molar-refractivity contribution is -0.118. The molecule has 2 rings (SSSR count). The first-order valence-electron chi connectivity index (χ1n) is 6.08. The van der Waals surface area contributed by atoms with Crippen molar-refractivity contribution in [3.05, 3.63) is 60.2 Å². The summed E-state index contributed by atoms with van der Waals surface area (Å²) < 4.78 is 5.13. The first kappa shape index (κ1) is 13.6. The standard InChI is InChI=1S/C15H15N3O2/c16-13-9-5-4-8-12(13)15(17)20-10-14(19)18-11-6-2-1-3-7-11/h1-9,17H,10,16H2,(H,18,19). The maximum absolute atomic E-state index is 11.7. The summed E-state index contributed by atoms with van der Waals surface area (Å²) in [5.74, 6) is -0.443. The number of hydrogen-bond acceptors (Lipinski definition) is 4. The molecular weight excluding hydrogens is 254 g/mol. The molecule has 0 saturated carbocycles. The van der Waals surface area contributed by atoms with Crippen molar-refractivity contribution in [3.8, 4) is 0 Å². The van der Waals surface area contributed by atoms with Crippen LogP contribution in [0.3, 0.4) is 0 Å². The molecule has 4 N–H and O–H groups in total. The second-order valence-corrected chi connectivity index (χ2v) is 4.12. The molecule has 0 bridgehead atoms. The molecule has 0 heterocycles. The van der Waals surface area contributed by atoms with Crippen molar-refractivity contribution in [2.45, 2.75) is 0 Å². The van der Waals surface area contributed by atoms with Gasteiger partial charge in [0.05, 0.1) is 5.56 Å². The third-order valence-corrected chi connectivity index (χ3v) is 2.61.